The van der Waals surface area contributed by atoms with E-state index >= 15 is 0 Å². The van der Waals surface area contributed by atoms with Crippen molar-refractivity contribution in [1.29, 1.82) is 0 Å². The Kier molecular flexibility index (Phi) is 2.90. The lowest BCUT2D eigenvalue weighted by atomic mass is 10.2. The minimum atomic E-state index is -0.448. The summed E-state index contributed by atoms with van der Waals surface area (Å²) in [4.78, 5) is 22.9. The number of hydrogen-bond donors (Lipinski definition) is 2. The first-order chi connectivity index (χ1) is 9.66. The summed E-state index contributed by atoms with van der Waals surface area (Å²) in [6.45, 7) is 1.77. The topological polar surface area (TPSA) is 70.7 Å². The van der Waals surface area contributed by atoms with Gasteiger partial charge in [0.1, 0.15) is 0 Å². The summed E-state index contributed by atoms with van der Waals surface area (Å²) < 4.78 is 13.7. The number of fused-ring (bicyclic) bond motifs is 1. The molecule has 0 fully saturated rings. The number of anilines is 1. The first-order valence-corrected chi connectivity index (χ1v) is 6.00. The summed E-state index contributed by atoms with van der Waals surface area (Å²) in [6.07, 6.45) is 5.84. The maximum atomic E-state index is 13.7. The second kappa shape index (κ2) is 4.73. The molecule has 3 aromatic heterocycles. The number of aryl methyl sites for hydroxylation is 1. The zero-order chi connectivity index (χ0) is 14.1. The van der Waals surface area contributed by atoms with Gasteiger partial charge in [-0.1, -0.05) is 0 Å². The van der Waals surface area contributed by atoms with Gasteiger partial charge in [-0.05, 0) is 24.6 Å². The van der Waals surface area contributed by atoms with Gasteiger partial charge in [0.05, 0.1) is 23.6 Å². The van der Waals surface area contributed by atoms with Crippen LogP contribution in [-0.2, 0) is 0 Å². The van der Waals surface area contributed by atoms with Crippen molar-refractivity contribution in [3.8, 4) is 0 Å². The molecule has 100 valence electrons. The van der Waals surface area contributed by atoms with Gasteiger partial charge in [0.15, 0.2) is 11.5 Å². The number of carbonyl (C=O) groups excluding carboxylic acids is 1. The average Bonchev–Trinajstić information content (AvgIpc) is 2.83. The van der Waals surface area contributed by atoms with Crippen molar-refractivity contribution in [3.63, 3.8) is 0 Å². The van der Waals surface area contributed by atoms with Gasteiger partial charge in [-0.2, -0.15) is 0 Å². The van der Waals surface area contributed by atoms with Crippen LogP contribution in [0.2, 0.25) is 0 Å². The van der Waals surface area contributed by atoms with Crippen LogP contribution in [0.15, 0.2) is 36.9 Å². The van der Waals surface area contributed by atoms with Gasteiger partial charge >= 0.3 is 0 Å². The van der Waals surface area contributed by atoms with Gasteiger partial charge in [-0.25, -0.2) is 9.37 Å². The molecule has 3 rings (SSSR count). The Morgan fingerprint density at radius 2 is 2.25 bits per heavy atom. The van der Waals surface area contributed by atoms with Crippen molar-refractivity contribution >= 4 is 22.5 Å². The van der Waals surface area contributed by atoms with E-state index in [1.54, 1.807) is 31.5 Å². The monoisotopic (exact) mass is 270 g/mol. The van der Waals surface area contributed by atoms with E-state index in [9.17, 15) is 9.18 Å². The highest BCUT2D eigenvalue weighted by atomic mass is 19.1. The maximum Gasteiger partial charge on any atom is 0.276 e. The molecule has 0 spiro atoms. The highest BCUT2D eigenvalue weighted by Gasteiger charge is 2.17. The molecule has 0 aliphatic heterocycles. The molecule has 5 nitrogen and oxygen atoms in total. The van der Waals surface area contributed by atoms with Crippen molar-refractivity contribution in [3.05, 3.63) is 54.0 Å². The molecular formula is C14H11FN4O. The third-order valence-corrected chi connectivity index (χ3v) is 2.99. The predicted octanol–water partition coefficient (Wildman–Crippen LogP) is 2.66. The second-order valence-electron chi connectivity index (χ2n) is 4.37. The van der Waals surface area contributed by atoms with Crippen LogP contribution in [0.4, 0.5) is 10.1 Å². The third kappa shape index (κ3) is 2.01. The van der Waals surface area contributed by atoms with Crippen LogP contribution in [0, 0.1) is 12.7 Å². The standard InChI is InChI=1S/C14H11FN4O/c1-8-5-17-12-11(8)10(15)7-18-13(12)14(20)19-9-3-2-4-16-6-9/h2-7,17H,1H3,(H,19,20). The van der Waals surface area contributed by atoms with Crippen LogP contribution in [-0.4, -0.2) is 20.9 Å². The number of aromatic nitrogens is 3. The summed E-state index contributed by atoms with van der Waals surface area (Å²) in [6, 6.07) is 3.42. The Hall–Kier alpha value is -2.76. The van der Waals surface area contributed by atoms with Crippen molar-refractivity contribution in [2.75, 3.05) is 5.32 Å². The number of nitrogens with one attached hydrogen (secondary N) is 2. The summed E-state index contributed by atoms with van der Waals surface area (Å²) in [5.74, 6) is -0.860. The second-order valence-corrected chi connectivity index (χ2v) is 4.37. The first kappa shape index (κ1) is 12.3. The summed E-state index contributed by atoms with van der Waals surface area (Å²) >= 11 is 0. The molecule has 0 aromatic carbocycles. The Bertz CT molecular complexity index is 782. The van der Waals surface area contributed by atoms with Gasteiger partial charge < -0.3 is 10.3 Å². The van der Waals surface area contributed by atoms with Crippen LogP contribution >= 0.6 is 0 Å². The van der Waals surface area contributed by atoms with Crippen molar-refractivity contribution in [2.45, 2.75) is 6.92 Å². The van der Waals surface area contributed by atoms with E-state index in [0.29, 0.717) is 16.6 Å². The van der Waals surface area contributed by atoms with Gasteiger partial charge in [0, 0.05) is 17.8 Å². The lowest BCUT2D eigenvalue weighted by Crippen LogP contribution is -2.14. The SMILES string of the molecule is Cc1c[nH]c2c(C(=O)Nc3cccnc3)ncc(F)c12. The van der Waals surface area contributed by atoms with Gasteiger partial charge in [0.25, 0.3) is 5.91 Å². The predicted molar refractivity (Wildman–Crippen MR) is 73.0 cm³/mol. The molecule has 3 aromatic rings. The highest BCUT2D eigenvalue weighted by molar-refractivity contribution is 6.10. The molecule has 1 amide bonds. The molecule has 0 unspecified atom stereocenters. The van der Waals surface area contributed by atoms with Crippen LogP contribution < -0.4 is 5.32 Å². The fourth-order valence-corrected chi connectivity index (χ4v) is 2.07. The molecule has 0 bridgehead atoms. The molecule has 0 saturated heterocycles. The van der Waals surface area contributed by atoms with Crippen LogP contribution in [0.5, 0.6) is 0 Å². The van der Waals surface area contributed by atoms with E-state index in [2.05, 4.69) is 20.3 Å². The van der Waals surface area contributed by atoms with E-state index in [1.807, 2.05) is 0 Å². The summed E-state index contributed by atoms with van der Waals surface area (Å²) in [5, 5.41) is 3.06. The zero-order valence-electron chi connectivity index (χ0n) is 10.6. The number of pyridine rings is 2. The Balaban J connectivity index is 2.02. The van der Waals surface area contributed by atoms with Crippen molar-refractivity contribution in [1.82, 2.24) is 15.0 Å². The third-order valence-electron chi connectivity index (χ3n) is 2.99. The quantitative estimate of drug-likeness (QED) is 0.752. The molecule has 2 N–H and O–H groups in total. The van der Waals surface area contributed by atoms with Crippen LogP contribution in [0.3, 0.4) is 0 Å². The molecule has 3 heterocycles. The molecule has 0 saturated carbocycles. The normalized spacial score (nSPS) is 10.7. The smallest absolute Gasteiger partial charge is 0.276 e. The zero-order valence-corrected chi connectivity index (χ0v) is 10.6. The Morgan fingerprint density at radius 1 is 1.40 bits per heavy atom. The minimum Gasteiger partial charge on any atom is -0.359 e. The number of aromatic amines is 1. The summed E-state index contributed by atoms with van der Waals surface area (Å²) in [7, 11) is 0. The number of amides is 1. The van der Waals surface area contributed by atoms with E-state index in [-0.39, 0.29) is 5.69 Å². The largest absolute Gasteiger partial charge is 0.359 e. The van der Waals surface area contributed by atoms with E-state index in [0.717, 1.165) is 11.8 Å². The summed E-state index contributed by atoms with van der Waals surface area (Å²) in [5.41, 5.74) is 1.83. The first-order valence-electron chi connectivity index (χ1n) is 6.00. The number of halogens is 1. The molecule has 0 radical (unpaired) electrons. The average molecular weight is 270 g/mol. The molecule has 0 atom stereocenters. The van der Waals surface area contributed by atoms with Gasteiger partial charge in [-0.15, -0.1) is 0 Å². The fraction of sp³-hybridized carbons (Fsp3) is 0.0714. The Labute approximate surface area is 113 Å². The molecule has 6 heteroatoms. The number of rotatable bonds is 2. The Morgan fingerprint density at radius 3 is 3.00 bits per heavy atom. The fourth-order valence-electron chi connectivity index (χ4n) is 2.07. The lowest BCUT2D eigenvalue weighted by molar-refractivity contribution is 0.102. The molecule has 0 aliphatic rings. The van der Waals surface area contributed by atoms with E-state index < -0.39 is 11.7 Å². The number of nitrogens with zero attached hydrogens (tertiary/aromatic N) is 2. The highest BCUT2D eigenvalue weighted by Crippen LogP contribution is 2.23. The van der Waals surface area contributed by atoms with E-state index in [1.165, 1.54) is 6.20 Å². The van der Waals surface area contributed by atoms with Crippen LogP contribution in [0.1, 0.15) is 16.1 Å². The molecular weight excluding hydrogens is 259 g/mol. The number of hydrogen-bond acceptors (Lipinski definition) is 3. The van der Waals surface area contributed by atoms with Gasteiger partial charge in [-0.3, -0.25) is 9.78 Å². The van der Waals surface area contributed by atoms with Crippen molar-refractivity contribution < 1.29 is 9.18 Å². The van der Waals surface area contributed by atoms with Crippen molar-refractivity contribution in [2.24, 2.45) is 0 Å². The van der Waals surface area contributed by atoms with E-state index in [4.69, 9.17) is 0 Å². The number of carbonyl (C=O) groups is 1. The lowest BCUT2D eigenvalue weighted by Gasteiger charge is -2.05. The van der Waals surface area contributed by atoms with Gasteiger partial charge in [0.2, 0.25) is 0 Å². The maximum absolute atomic E-state index is 13.7. The van der Waals surface area contributed by atoms with Crippen LogP contribution in [0.25, 0.3) is 10.9 Å². The molecule has 20 heavy (non-hydrogen) atoms. The number of H-pyrrole nitrogens is 1. The molecule has 0 aliphatic carbocycles. The minimum absolute atomic E-state index is 0.151.